The van der Waals surface area contributed by atoms with Gasteiger partial charge in [0.1, 0.15) is 17.1 Å². The van der Waals surface area contributed by atoms with Crippen molar-refractivity contribution in [2.45, 2.75) is 0 Å². The van der Waals surface area contributed by atoms with Crippen LogP contribution in [0.25, 0.3) is 11.4 Å². The molecule has 0 aromatic carbocycles. The highest BCUT2D eigenvalue weighted by molar-refractivity contribution is 5.91. The molecule has 0 aliphatic heterocycles. The van der Waals surface area contributed by atoms with Gasteiger partial charge < -0.3 is 5.73 Å². The Hall–Kier alpha value is -2.24. The zero-order valence-electron chi connectivity index (χ0n) is 7.14. The molecule has 70 valence electrons. The lowest BCUT2D eigenvalue weighted by molar-refractivity contribution is 0.0995. The Bertz CT molecular complexity index is 450. The van der Waals surface area contributed by atoms with Gasteiger partial charge in [-0.1, -0.05) is 0 Å². The topological polar surface area (TPSA) is 97.6 Å². The molecule has 0 unspecified atom stereocenters. The summed E-state index contributed by atoms with van der Waals surface area (Å²) >= 11 is 0. The van der Waals surface area contributed by atoms with E-state index in [1.807, 2.05) is 0 Å². The summed E-state index contributed by atoms with van der Waals surface area (Å²) in [7, 11) is 0. The van der Waals surface area contributed by atoms with Gasteiger partial charge in [-0.15, -0.1) is 0 Å². The van der Waals surface area contributed by atoms with Gasteiger partial charge in [0.15, 0.2) is 0 Å². The zero-order chi connectivity index (χ0) is 9.97. The van der Waals surface area contributed by atoms with Gasteiger partial charge in [0, 0.05) is 12.4 Å². The average molecular weight is 189 g/mol. The number of hydrogen-bond donors (Lipinski definition) is 2. The summed E-state index contributed by atoms with van der Waals surface area (Å²) in [4.78, 5) is 18.7. The number of hydrogen-bond acceptors (Lipinski definition) is 4. The van der Waals surface area contributed by atoms with Crippen molar-refractivity contribution in [3.63, 3.8) is 0 Å². The molecule has 2 aromatic rings. The zero-order valence-corrected chi connectivity index (χ0v) is 7.14. The first-order chi connectivity index (χ1) is 6.77. The van der Waals surface area contributed by atoms with E-state index in [1.165, 1.54) is 6.07 Å². The molecular formula is C8H7N5O. The predicted molar refractivity (Wildman–Crippen MR) is 48.1 cm³/mol. The number of aromatic amines is 1. The molecule has 0 bridgehead atoms. The highest BCUT2D eigenvalue weighted by Gasteiger charge is 2.07. The van der Waals surface area contributed by atoms with Gasteiger partial charge in [-0.05, 0) is 6.07 Å². The van der Waals surface area contributed by atoms with Crippen molar-refractivity contribution in [3.05, 3.63) is 30.4 Å². The maximum Gasteiger partial charge on any atom is 0.266 e. The van der Waals surface area contributed by atoms with E-state index in [0.29, 0.717) is 11.4 Å². The fourth-order valence-corrected chi connectivity index (χ4v) is 1.01. The SMILES string of the molecule is NC(=O)c1cc(-c2cnccn2)n[nH]1. The van der Waals surface area contributed by atoms with Crippen molar-refractivity contribution in [1.82, 2.24) is 20.2 Å². The lowest BCUT2D eigenvalue weighted by Crippen LogP contribution is -2.10. The summed E-state index contributed by atoms with van der Waals surface area (Å²) in [6.07, 6.45) is 4.67. The molecule has 2 aromatic heterocycles. The predicted octanol–water partition coefficient (Wildman–Crippen LogP) is -0.0344. The molecule has 3 N–H and O–H groups in total. The second kappa shape index (κ2) is 3.25. The Morgan fingerprint density at radius 2 is 2.21 bits per heavy atom. The van der Waals surface area contributed by atoms with Crippen LogP contribution in [0.3, 0.4) is 0 Å². The second-order valence-corrected chi connectivity index (χ2v) is 2.62. The van der Waals surface area contributed by atoms with E-state index in [4.69, 9.17) is 5.73 Å². The molecule has 6 heteroatoms. The molecule has 0 radical (unpaired) electrons. The minimum Gasteiger partial charge on any atom is -0.364 e. The van der Waals surface area contributed by atoms with Gasteiger partial charge in [0.2, 0.25) is 0 Å². The summed E-state index contributed by atoms with van der Waals surface area (Å²) in [5, 5.41) is 6.39. The van der Waals surface area contributed by atoms with Gasteiger partial charge in [0.05, 0.1) is 6.20 Å². The van der Waals surface area contributed by atoms with Crippen LogP contribution in [-0.4, -0.2) is 26.1 Å². The molecule has 0 spiro atoms. The number of nitrogens with one attached hydrogen (secondary N) is 1. The third-order valence-corrected chi connectivity index (χ3v) is 1.67. The fourth-order valence-electron chi connectivity index (χ4n) is 1.01. The third-order valence-electron chi connectivity index (χ3n) is 1.67. The van der Waals surface area contributed by atoms with E-state index in [1.54, 1.807) is 18.6 Å². The van der Waals surface area contributed by atoms with Crippen molar-refractivity contribution in [2.75, 3.05) is 0 Å². The largest absolute Gasteiger partial charge is 0.364 e. The van der Waals surface area contributed by atoms with Crippen LogP contribution in [0.5, 0.6) is 0 Å². The standard InChI is InChI=1S/C8H7N5O/c9-8(14)6-3-5(12-13-6)7-4-10-1-2-11-7/h1-4H,(H2,9,14)(H,12,13). The van der Waals surface area contributed by atoms with E-state index in [-0.39, 0.29) is 5.69 Å². The molecule has 0 aliphatic rings. The number of carbonyl (C=O) groups excluding carboxylic acids is 1. The van der Waals surface area contributed by atoms with Crippen molar-refractivity contribution in [2.24, 2.45) is 5.73 Å². The Morgan fingerprint density at radius 1 is 1.36 bits per heavy atom. The Labute approximate surface area is 79.2 Å². The number of primary amides is 1. The lowest BCUT2D eigenvalue weighted by Gasteiger charge is -1.90. The number of carbonyl (C=O) groups is 1. The van der Waals surface area contributed by atoms with Crippen molar-refractivity contribution in [1.29, 1.82) is 0 Å². The summed E-state index contributed by atoms with van der Waals surface area (Å²) in [5.41, 5.74) is 6.46. The summed E-state index contributed by atoms with van der Waals surface area (Å²) in [6.45, 7) is 0. The summed E-state index contributed by atoms with van der Waals surface area (Å²) in [6, 6.07) is 1.53. The minimum atomic E-state index is -0.548. The first-order valence-corrected chi connectivity index (χ1v) is 3.89. The van der Waals surface area contributed by atoms with Crippen LogP contribution < -0.4 is 5.73 Å². The average Bonchev–Trinajstić information content (AvgIpc) is 2.68. The van der Waals surface area contributed by atoms with Gasteiger partial charge in [0.25, 0.3) is 5.91 Å². The number of nitrogens with two attached hydrogens (primary N) is 1. The monoisotopic (exact) mass is 189 g/mol. The molecule has 0 fully saturated rings. The van der Waals surface area contributed by atoms with Crippen LogP contribution in [-0.2, 0) is 0 Å². The summed E-state index contributed by atoms with van der Waals surface area (Å²) < 4.78 is 0. The normalized spacial score (nSPS) is 10.0. The molecule has 1 amide bonds. The molecule has 0 saturated heterocycles. The van der Waals surface area contributed by atoms with Crippen LogP contribution in [0.2, 0.25) is 0 Å². The lowest BCUT2D eigenvalue weighted by atomic mass is 10.3. The van der Waals surface area contributed by atoms with E-state index in [2.05, 4.69) is 20.2 Å². The van der Waals surface area contributed by atoms with E-state index in [0.717, 1.165) is 0 Å². The van der Waals surface area contributed by atoms with Gasteiger partial charge in [-0.25, -0.2) is 0 Å². The Kier molecular flexibility index (Phi) is 1.94. The number of aromatic nitrogens is 4. The van der Waals surface area contributed by atoms with Crippen LogP contribution in [0.15, 0.2) is 24.7 Å². The molecule has 0 atom stereocenters. The Morgan fingerprint density at radius 3 is 2.79 bits per heavy atom. The quantitative estimate of drug-likeness (QED) is 0.692. The van der Waals surface area contributed by atoms with Gasteiger partial charge in [-0.3, -0.25) is 19.9 Å². The van der Waals surface area contributed by atoms with Gasteiger partial charge in [-0.2, -0.15) is 5.10 Å². The maximum absolute atomic E-state index is 10.8. The fraction of sp³-hybridized carbons (Fsp3) is 0. The van der Waals surface area contributed by atoms with Crippen LogP contribution in [0.1, 0.15) is 10.5 Å². The number of H-pyrrole nitrogens is 1. The first kappa shape index (κ1) is 8.36. The number of amides is 1. The Balaban J connectivity index is 2.39. The molecule has 0 aliphatic carbocycles. The highest BCUT2D eigenvalue weighted by Crippen LogP contribution is 2.12. The molecule has 2 rings (SSSR count). The van der Waals surface area contributed by atoms with E-state index in [9.17, 15) is 4.79 Å². The molecule has 2 heterocycles. The van der Waals surface area contributed by atoms with Crippen LogP contribution in [0, 0.1) is 0 Å². The van der Waals surface area contributed by atoms with Crippen molar-refractivity contribution < 1.29 is 4.79 Å². The van der Waals surface area contributed by atoms with Gasteiger partial charge >= 0.3 is 0 Å². The molecule has 6 nitrogen and oxygen atoms in total. The first-order valence-electron chi connectivity index (χ1n) is 3.89. The number of rotatable bonds is 2. The highest BCUT2D eigenvalue weighted by atomic mass is 16.1. The maximum atomic E-state index is 10.8. The molecule has 0 saturated carbocycles. The third kappa shape index (κ3) is 1.45. The van der Waals surface area contributed by atoms with E-state index >= 15 is 0 Å². The summed E-state index contributed by atoms with van der Waals surface area (Å²) in [5.74, 6) is -0.548. The van der Waals surface area contributed by atoms with Crippen LogP contribution >= 0.6 is 0 Å². The van der Waals surface area contributed by atoms with Crippen LogP contribution in [0.4, 0.5) is 0 Å². The van der Waals surface area contributed by atoms with Crippen molar-refractivity contribution >= 4 is 5.91 Å². The smallest absolute Gasteiger partial charge is 0.266 e. The van der Waals surface area contributed by atoms with E-state index < -0.39 is 5.91 Å². The molecular weight excluding hydrogens is 182 g/mol. The number of nitrogens with zero attached hydrogens (tertiary/aromatic N) is 3. The second-order valence-electron chi connectivity index (χ2n) is 2.62. The minimum absolute atomic E-state index is 0.255. The molecule has 14 heavy (non-hydrogen) atoms. The van der Waals surface area contributed by atoms with Crippen molar-refractivity contribution in [3.8, 4) is 11.4 Å².